The van der Waals surface area contributed by atoms with Gasteiger partial charge in [-0.1, -0.05) is 46.2 Å². The molecule has 1 aliphatic heterocycles. The first kappa shape index (κ1) is 30.3. The first-order valence-corrected chi connectivity index (χ1v) is 14.3. The van der Waals surface area contributed by atoms with Crippen LogP contribution in [0.3, 0.4) is 0 Å². The fourth-order valence-corrected chi connectivity index (χ4v) is 6.13. The summed E-state index contributed by atoms with van der Waals surface area (Å²) < 4.78 is 28.0. The molecule has 9 heteroatoms. The lowest BCUT2D eigenvalue weighted by Crippen LogP contribution is -2.51. The van der Waals surface area contributed by atoms with Crippen molar-refractivity contribution >= 4 is 23.5 Å². The van der Waals surface area contributed by atoms with Gasteiger partial charge in [-0.2, -0.15) is 0 Å². The van der Waals surface area contributed by atoms with E-state index in [0.29, 0.717) is 30.7 Å². The molecule has 1 fully saturated rings. The van der Waals surface area contributed by atoms with Crippen molar-refractivity contribution in [1.29, 1.82) is 0 Å². The van der Waals surface area contributed by atoms with Crippen molar-refractivity contribution in [2.24, 2.45) is 16.3 Å². The second kappa shape index (κ2) is 12.1. The van der Waals surface area contributed by atoms with Gasteiger partial charge in [-0.15, -0.1) is 0 Å². The van der Waals surface area contributed by atoms with Crippen molar-refractivity contribution < 1.29 is 28.3 Å². The predicted molar refractivity (Wildman–Crippen MR) is 153 cm³/mol. The van der Waals surface area contributed by atoms with Gasteiger partial charge in [0.25, 0.3) is 11.8 Å². The van der Waals surface area contributed by atoms with Gasteiger partial charge < -0.3 is 15.3 Å². The van der Waals surface area contributed by atoms with Crippen LogP contribution in [-0.2, 0) is 9.59 Å². The summed E-state index contributed by atoms with van der Waals surface area (Å²) in [6, 6.07) is 10.1. The van der Waals surface area contributed by atoms with Crippen molar-refractivity contribution in [2.45, 2.75) is 84.3 Å². The highest BCUT2D eigenvalue weighted by molar-refractivity contribution is 6.46. The van der Waals surface area contributed by atoms with Gasteiger partial charge in [0, 0.05) is 17.7 Å². The third-order valence-electron chi connectivity index (χ3n) is 8.45. The number of carbonyl (C=O) groups excluding carboxylic acids is 2. The van der Waals surface area contributed by atoms with Gasteiger partial charge >= 0.3 is 5.97 Å². The molecule has 220 valence electrons. The Morgan fingerprint density at radius 3 is 2.32 bits per heavy atom. The van der Waals surface area contributed by atoms with Gasteiger partial charge in [-0.25, -0.2) is 8.78 Å². The third kappa shape index (κ3) is 6.49. The van der Waals surface area contributed by atoms with E-state index in [1.54, 1.807) is 12.1 Å². The average Bonchev–Trinajstić information content (AvgIpc) is 3.19. The number of halogens is 2. The molecule has 2 amide bonds. The Kier molecular flexibility index (Phi) is 8.94. The van der Waals surface area contributed by atoms with E-state index in [4.69, 9.17) is 10.1 Å². The molecule has 1 aliphatic carbocycles. The molecule has 0 aromatic heterocycles. The number of amides is 2. The number of carboxylic acids is 1. The van der Waals surface area contributed by atoms with E-state index in [0.717, 1.165) is 37.0 Å². The second-order valence-corrected chi connectivity index (χ2v) is 12.2. The largest absolute Gasteiger partial charge is 0.481 e. The Bertz CT molecular complexity index is 1330. The van der Waals surface area contributed by atoms with Gasteiger partial charge in [0.1, 0.15) is 11.4 Å². The second-order valence-electron chi connectivity index (χ2n) is 12.2. The topological polar surface area (TPSA) is 99.1 Å². The van der Waals surface area contributed by atoms with Crippen molar-refractivity contribution in [3.05, 3.63) is 70.8 Å². The summed E-state index contributed by atoms with van der Waals surface area (Å²) in [5.74, 6) is -3.20. The number of aliphatic imine (C=N–C) groups is 1. The first-order valence-electron chi connectivity index (χ1n) is 14.3. The normalized spacial score (nSPS) is 21.6. The van der Waals surface area contributed by atoms with Crippen LogP contribution in [0.2, 0.25) is 0 Å². The summed E-state index contributed by atoms with van der Waals surface area (Å²) in [6.07, 6.45) is 4.37. The van der Waals surface area contributed by atoms with Gasteiger partial charge in [-0.3, -0.25) is 19.4 Å². The van der Waals surface area contributed by atoms with Crippen LogP contribution < -0.4 is 5.32 Å². The average molecular weight is 568 g/mol. The Labute approximate surface area is 240 Å². The molecule has 2 aliphatic rings. The van der Waals surface area contributed by atoms with Crippen LogP contribution in [0.15, 0.2) is 47.5 Å². The Balaban J connectivity index is 1.68. The van der Waals surface area contributed by atoms with Crippen LogP contribution >= 0.6 is 0 Å². The monoisotopic (exact) mass is 567 g/mol. The zero-order valence-corrected chi connectivity index (χ0v) is 24.2. The standard InChI is InChI=1S/C32H39F2N3O4/c1-5-6-26(20-7-9-21(10-8-20)29(40)35-18-15-27(38)39)37-30(41)28(22-11-12-24(33)25(34)19-22)36-32(37)16-13-23(14-17-32)31(2,3)4/h7-12,19,23,26H,5-6,13-18H2,1-4H3,(H,35,40)(H,38,39)/t23?,26-,32?/m1/s1. The van der Waals surface area contributed by atoms with Crippen molar-refractivity contribution in [3.63, 3.8) is 0 Å². The highest BCUT2D eigenvalue weighted by atomic mass is 19.2. The highest BCUT2D eigenvalue weighted by Gasteiger charge is 2.52. The molecular formula is C32H39F2N3O4. The molecule has 0 unspecified atom stereocenters. The molecule has 1 heterocycles. The van der Waals surface area contributed by atoms with E-state index in [1.165, 1.54) is 6.07 Å². The van der Waals surface area contributed by atoms with Crippen LogP contribution in [0.4, 0.5) is 8.78 Å². The van der Waals surface area contributed by atoms with Crippen LogP contribution in [-0.4, -0.2) is 45.7 Å². The molecule has 0 radical (unpaired) electrons. The first-order chi connectivity index (χ1) is 19.4. The van der Waals surface area contributed by atoms with Crippen LogP contribution in [0.5, 0.6) is 0 Å². The minimum atomic E-state index is -1.02. The molecule has 2 N–H and O–H groups in total. The summed E-state index contributed by atoms with van der Waals surface area (Å²) in [6.45, 7) is 8.74. The van der Waals surface area contributed by atoms with Crippen LogP contribution in [0.25, 0.3) is 0 Å². The molecule has 2 aromatic carbocycles. The van der Waals surface area contributed by atoms with E-state index in [-0.39, 0.29) is 47.5 Å². The van der Waals surface area contributed by atoms with Crippen molar-refractivity contribution in [3.8, 4) is 0 Å². The smallest absolute Gasteiger partial charge is 0.305 e. The summed E-state index contributed by atoms with van der Waals surface area (Å²) in [7, 11) is 0. The molecule has 4 rings (SSSR count). The third-order valence-corrected chi connectivity index (χ3v) is 8.45. The number of nitrogens with zero attached hydrogens (tertiary/aromatic N) is 2. The minimum Gasteiger partial charge on any atom is -0.481 e. The minimum absolute atomic E-state index is 0.0266. The maximum Gasteiger partial charge on any atom is 0.305 e. The summed E-state index contributed by atoms with van der Waals surface area (Å²) >= 11 is 0. The Morgan fingerprint density at radius 2 is 1.76 bits per heavy atom. The molecule has 1 spiro atoms. The van der Waals surface area contributed by atoms with E-state index in [1.807, 2.05) is 24.0 Å². The fourth-order valence-electron chi connectivity index (χ4n) is 6.13. The van der Waals surface area contributed by atoms with E-state index < -0.39 is 23.3 Å². The summed E-state index contributed by atoms with van der Waals surface area (Å²) in [5.41, 5.74) is 0.963. The SMILES string of the molecule is CCC[C@H](c1ccc(C(=O)NCCC(=O)O)cc1)N1C(=O)C(c2ccc(F)c(F)c2)=NC12CCC(C(C)(C)C)CC2. The van der Waals surface area contributed by atoms with E-state index in [9.17, 15) is 23.2 Å². The van der Waals surface area contributed by atoms with Gasteiger partial charge in [0.15, 0.2) is 11.6 Å². The predicted octanol–water partition coefficient (Wildman–Crippen LogP) is 6.27. The molecular weight excluding hydrogens is 528 g/mol. The zero-order valence-electron chi connectivity index (χ0n) is 24.2. The number of carbonyl (C=O) groups is 3. The van der Waals surface area contributed by atoms with Crippen molar-refractivity contribution in [1.82, 2.24) is 10.2 Å². The van der Waals surface area contributed by atoms with Crippen molar-refractivity contribution in [2.75, 3.05) is 6.54 Å². The molecule has 7 nitrogen and oxygen atoms in total. The van der Waals surface area contributed by atoms with E-state index >= 15 is 0 Å². The van der Waals surface area contributed by atoms with Gasteiger partial charge in [0.2, 0.25) is 0 Å². The molecule has 1 atom stereocenters. The van der Waals surface area contributed by atoms with Gasteiger partial charge in [0.05, 0.1) is 12.5 Å². The lowest BCUT2D eigenvalue weighted by molar-refractivity contribution is -0.137. The zero-order chi connectivity index (χ0) is 29.9. The molecule has 2 aromatic rings. The quantitative estimate of drug-likeness (QED) is 0.373. The Hall–Kier alpha value is -3.62. The number of hydrogen-bond donors (Lipinski definition) is 2. The van der Waals surface area contributed by atoms with Gasteiger partial charge in [-0.05, 0) is 79.3 Å². The fraction of sp³-hybridized carbons (Fsp3) is 0.500. The summed E-state index contributed by atoms with van der Waals surface area (Å²) in [4.78, 5) is 44.3. The molecule has 0 saturated heterocycles. The number of aliphatic carboxylic acids is 1. The maximum absolute atomic E-state index is 14.2. The lowest BCUT2D eigenvalue weighted by Gasteiger charge is -2.47. The molecule has 41 heavy (non-hydrogen) atoms. The Morgan fingerprint density at radius 1 is 1.10 bits per heavy atom. The number of rotatable bonds is 9. The number of benzene rings is 2. The van der Waals surface area contributed by atoms with Crippen LogP contribution in [0, 0.1) is 23.0 Å². The number of carboxylic acid groups (broad SMARTS) is 1. The lowest BCUT2D eigenvalue weighted by atomic mass is 9.69. The summed E-state index contributed by atoms with van der Waals surface area (Å²) in [5, 5.41) is 11.4. The molecule has 0 bridgehead atoms. The maximum atomic E-state index is 14.2. The number of hydrogen-bond acceptors (Lipinski definition) is 4. The van der Waals surface area contributed by atoms with Crippen LogP contribution in [0.1, 0.15) is 100 Å². The van der Waals surface area contributed by atoms with E-state index in [2.05, 4.69) is 26.1 Å². The highest BCUT2D eigenvalue weighted by Crippen LogP contribution is 2.49. The number of nitrogens with one attached hydrogen (secondary N) is 1. The molecule has 1 saturated carbocycles.